The average Bonchev–Trinajstić information content (AvgIpc) is 2.30. The lowest BCUT2D eigenvalue weighted by atomic mass is 10.1. The van der Waals surface area contributed by atoms with Crippen molar-refractivity contribution >= 4 is 12.6 Å². The number of hydrogen-bond acceptors (Lipinski definition) is 3. The van der Waals surface area contributed by atoms with Gasteiger partial charge in [-0.3, -0.25) is 4.90 Å². The summed E-state index contributed by atoms with van der Waals surface area (Å²) in [6.07, 6.45) is 1.15. The summed E-state index contributed by atoms with van der Waals surface area (Å²) in [4.78, 5) is 2.53. The highest BCUT2D eigenvalue weighted by Gasteiger charge is 2.19. The van der Waals surface area contributed by atoms with E-state index in [1.807, 2.05) is 0 Å². The predicted octanol–water partition coefficient (Wildman–Crippen LogP) is 2.17. The molecular weight excluding hydrogens is 228 g/mol. The molecule has 1 heterocycles. The Labute approximate surface area is 110 Å². The van der Waals surface area contributed by atoms with Gasteiger partial charge >= 0.3 is 0 Å². The highest BCUT2D eigenvalue weighted by molar-refractivity contribution is 7.80. The van der Waals surface area contributed by atoms with Gasteiger partial charge in [0.15, 0.2) is 0 Å². The summed E-state index contributed by atoms with van der Waals surface area (Å²) in [5, 5.41) is 4.05. The van der Waals surface area contributed by atoms with Crippen LogP contribution in [0.3, 0.4) is 0 Å². The number of nitrogens with one attached hydrogen (secondary N) is 1. The average molecular weight is 250 g/mol. The third-order valence-electron chi connectivity index (χ3n) is 3.21. The van der Waals surface area contributed by atoms with E-state index in [2.05, 4.69) is 60.1 Å². The van der Waals surface area contributed by atoms with Crippen LogP contribution in [-0.4, -0.2) is 35.8 Å². The molecule has 1 fully saturated rings. The van der Waals surface area contributed by atoms with Crippen molar-refractivity contribution in [1.82, 2.24) is 10.2 Å². The fraction of sp³-hybridized carbons (Fsp3) is 0.571. The lowest BCUT2D eigenvalue weighted by Crippen LogP contribution is -2.50. The maximum absolute atomic E-state index is 4.48. The molecule has 1 aromatic rings. The zero-order valence-electron chi connectivity index (χ0n) is 10.5. The number of piperazine rings is 1. The Morgan fingerprint density at radius 2 is 2.18 bits per heavy atom. The Hall–Kier alpha value is -0.510. The first-order chi connectivity index (χ1) is 8.24. The molecule has 2 atom stereocenters. The van der Waals surface area contributed by atoms with Crippen LogP contribution >= 0.6 is 12.6 Å². The molecule has 17 heavy (non-hydrogen) atoms. The molecule has 1 saturated heterocycles. The van der Waals surface area contributed by atoms with Crippen LogP contribution in [0, 0.1) is 0 Å². The van der Waals surface area contributed by atoms with E-state index in [0.717, 1.165) is 32.6 Å². The van der Waals surface area contributed by atoms with E-state index in [0.29, 0.717) is 11.3 Å². The van der Waals surface area contributed by atoms with Crippen LogP contribution in [0.4, 0.5) is 0 Å². The highest BCUT2D eigenvalue weighted by atomic mass is 32.1. The van der Waals surface area contributed by atoms with Crippen molar-refractivity contribution in [2.24, 2.45) is 0 Å². The molecule has 1 unspecified atom stereocenters. The normalized spacial score (nSPS) is 23.5. The third kappa shape index (κ3) is 4.34. The first-order valence-electron chi connectivity index (χ1n) is 6.42. The van der Waals surface area contributed by atoms with Gasteiger partial charge in [0.1, 0.15) is 0 Å². The minimum atomic E-state index is 0.476. The SMILES string of the molecule is CC(S)C[C@H]1CN(Cc2ccccc2)CCN1. The van der Waals surface area contributed by atoms with Crippen molar-refractivity contribution in [2.45, 2.75) is 31.2 Å². The van der Waals surface area contributed by atoms with Gasteiger partial charge in [-0.2, -0.15) is 12.6 Å². The first kappa shape index (κ1) is 12.9. The minimum absolute atomic E-state index is 0.476. The molecule has 3 heteroatoms. The van der Waals surface area contributed by atoms with E-state index in [-0.39, 0.29) is 0 Å². The van der Waals surface area contributed by atoms with Gasteiger partial charge in [0, 0.05) is 37.5 Å². The summed E-state index contributed by atoms with van der Waals surface area (Å²) in [6, 6.07) is 11.3. The Morgan fingerprint density at radius 1 is 1.41 bits per heavy atom. The molecule has 0 aromatic heterocycles. The van der Waals surface area contributed by atoms with Gasteiger partial charge in [0.2, 0.25) is 0 Å². The van der Waals surface area contributed by atoms with Crippen LogP contribution in [0.15, 0.2) is 30.3 Å². The molecule has 0 spiro atoms. The number of benzene rings is 1. The molecule has 0 aliphatic carbocycles. The summed E-state index contributed by atoms with van der Waals surface area (Å²) < 4.78 is 0. The zero-order valence-corrected chi connectivity index (χ0v) is 11.4. The summed E-state index contributed by atoms with van der Waals surface area (Å²) in [5.74, 6) is 0. The fourth-order valence-corrected chi connectivity index (χ4v) is 2.70. The van der Waals surface area contributed by atoms with E-state index in [9.17, 15) is 0 Å². The van der Waals surface area contributed by atoms with Crippen molar-refractivity contribution in [3.63, 3.8) is 0 Å². The zero-order chi connectivity index (χ0) is 12.1. The minimum Gasteiger partial charge on any atom is -0.311 e. The Balaban J connectivity index is 1.85. The van der Waals surface area contributed by atoms with Crippen LogP contribution in [0.5, 0.6) is 0 Å². The standard InChI is InChI=1S/C14H22N2S/c1-12(17)9-14-11-16(8-7-15-14)10-13-5-3-2-4-6-13/h2-6,12,14-15,17H,7-11H2,1H3/t12?,14-/m0/s1. The molecule has 2 rings (SSSR count). The maximum Gasteiger partial charge on any atom is 0.0234 e. The van der Waals surface area contributed by atoms with Gasteiger partial charge in [0.25, 0.3) is 0 Å². The lowest BCUT2D eigenvalue weighted by Gasteiger charge is -2.34. The molecule has 94 valence electrons. The van der Waals surface area contributed by atoms with E-state index in [1.54, 1.807) is 0 Å². The molecule has 0 saturated carbocycles. The van der Waals surface area contributed by atoms with E-state index in [1.165, 1.54) is 5.56 Å². The second-order valence-electron chi connectivity index (χ2n) is 4.96. The molecule has 1 N–H and O–H groups in total. The Morgan fingerprint density at radius 3 is 2.88 bits per heavy atom. The number of hydrogen-bond donors (Lipinski definition) is 2. The monoisotopic (exact) mass is 250 g/mol. The van der Waals surface area contributed by atoms with Crippen molar-refractivity contribution in [1.29, 1.82) is 0 Å². The second kappa shape index (κ2) is 6.43. The smallest absolute Gasteiger partial charge is 0.0234 e. The van der Waals surface area contributed by atoms with Crippen LogP contribution in [0.1, 0.15) is 18.9 Å². The van der Waals surface area contributed by atoms with Gasteiger partial charge < -0.3 is 5.32 Å². The van der Waals surface area contributed by atoms with Crippen LogP contribution in [-0.2, 0) is 6.54 Å². The van der Waals surface area contributed by atoms with Crippen molar-refractivity contribution in [2.75, 3.05) is 19.6 Å². The summed E-state index contributed by atoms with van der Waals surface area (Å²) in [6.45, 7) is 6.62. The second-order valence-corrected chi connectivity index (χ2v) is 5.84. The van der Waals surface area contributed by atoms with Gasteiger partial charge in [-0.25, -0.2) is 0 Å². The van der Waals surface area contributed by atoms with Crippen LogP contribution in [0.25, 0.3) is 0 Å². The quantitative estimate of drug-likeness (QED) is 0.796. The molecule has 0 bridgehead atoms. The third-order valence-corrected chi connectivity index (χ3v) is 3.43. The largest absolute Gasteiger partial charge is 0.311 e. The number of nitrogens with zero attached hydrogens (tertiary/aromatic N) is 1. The summed E-state index contributed by atoms with van der Waals surface area (Å²) in [7, 11) is 0. The van der Waals surface area contributed by atoms with E-state index < -0.39 is 0 Å². The number of rotatable bonds is 4. The maximum atomic E-state index is 4.48. The molecule has 0 radical (unpaired) electrons. The van der Waals surface area contributed by atoms with Crippen LogP contribution in [0.2, 0.25) is 0 Å². The topological polar surface area (TPSA) is 15.3 Å². The summed E-state index contributed by atoms with van der Waals surface area (Å²) in [5.41, 5.74) is 1.41. The van der Waals surface area contributed by atoms with Crippen LogP contribution < -0.4 is 5.32 Å². The molecule has 1 aliphatic heterocycles. The lowest BCUT2D eigenvalue weighted by molar-refractivity contribution is 0.187. The van der Waals surface area contributed by atoms with Crippen molar-refractivity contribution in [3.05, 3.63) is 35.9 Å². The van der Waals surface area contributed by atoms with Gasteiger partial charge in [-0.15, -0.1) is 0 Å². The Bertz CT molecular complexity index is 326. The van der Waals surface area contributed by atoms with E-state index >= 15 is 0 Å². The summed E-state index contributed by atoms with van der Waals surface area (Å²) >= 11 is 4.48. The molecule has 2 nitrogen and oxygen atoms in total. The molecular formula is C14H22N2S. The fourth-order valence-electron chi connectivity index (χ4n) is 2.45. The Kier molecular flexibility index (Phi) is 4.89. The van der Waals surface area contributed by atoms with E-state index in [4.69, 9.17) is 0 Å². The van der Waals surface area contributed by atoms with Gasteiger partial charge in [-0.1, -0.05) is 37.3 Å². The molecule has 0 amide bonds. The first-order valence-corrected chi connectivity index (χ1v) is 6.93. The molecule has 1 aliphatic rings. The predicted molar refractivity (Wildman–Crippen MR) is 76.6 cm³/mol. The highest BCUT2D eigenvalue weighted by Crippen LogP contribution is 2.11. The van der Waals surface area contributed by atoms with Gasteiger partial charge in [0.05, 0.1) is 0 Å². The number of thiol groups is 1. The van der Waals surface area contributed by atoms with Crippen molar-refractivity contribution in [3.8, 4) is 0 Å². The molecule has 1 aromatic carbocycles. The van der Waals surface area contributed by atoms with Gasteiger partial charge in [-0.05, 0) is 12.0 Å². The van der Waals surface area contributed by atoms with Crippen molar-refractivity contribution < 1.29 is 0 Å².